The molecule has 0 aromatic carbocycles. The van der Waals surface area contributed by atoms with Crippen molar-refractivity contribution in [3.05, 3.63) is 0 Å². The third kappa shape index (κ3) is 6.09. The van der Waals surface area contributed by atoms with Crippen LogP contribution in [0.15, 0.2) is 0 Å². The van der Waals surface area contributed by atoms with Crippen LogP contribution in [0, 0.1) is 0 Å². The average molecular weight is 297 g/mol. The first-order valence-corrected chi connectivity index (χ1v) is 7.25. The Morgan fingerprint density at radius 3 is 2.43 bits per heavy atom. The zero-order valence-electron chi connectivity index (χ0n) is 13.6. The molecule has 0 saturated heterocycles. The van der Waals surface area contributed by atoms with E-state index in [4.69, 9.17) is 10.6 Å². The fourth-order valence-corrected chi connectivity index (χ4v) is 1.79. The van der Waals surface area contributed by atoms with Gasteiger partial charge in [0.15, 0.2) is 0 Å². The Labute approximate surface area is 126 Å². The summed E-state index contributed by atoms with van der Waals surface area (Å²) < 4.78 is 5.54. The third-order valence-electron chi connectivity index (χ3n) is 2.77. The van der Waals surface area contributed by atoms with Crippen LogP contribution in [0.1, 0.15) is 27.2 Å². The van der Waals surface area contributed by atoms with Crippen LogP contribution in [0.25, 0.3) is 0 Å². The zero-order valence-corrected chi connectivity index (χ0v) is 13.6. The maximum absolute atomic E-state index is 5.54. The normalized spacial score (nSPS) is 11.0. The molecule has 0 aliphatic carbocycles. The van der Waals surface area contributed by atoms with Gasteiger partial charge in [0.1, 0.15) is 0 Å². The van der Waals surface area contributed by atoms with Crippen molar-refractivity contribution in [1.29, 1.82) is 0 Å². The molecule has 21 heavy (non-hydrogen) atoms. The van der Waals surface area contributed by atoms with Gasteiger partial charge in [0.05, 0.1) is 6.10 Å². The molecule has 0 spiro atoms. The second-order valence-corrected chi connectivity index (χ2v) is 5.29. The summed E-state index contributed by atoms with van der Waals surface area (Å²) in [6.07, 6.45) is 1.02. The van der Waals surface area contributed by atoms with Crippen molar-refractivity contribution in [1.82, 2.24) is 19.9 Å². The van der Waals surface area contributed by atoms with Crippen LogP contribution in [0.2, 0.25) is 0 Å². The summed E-state index contributed by atoms with van der Waals surface area (Å²) in [5, 5.41) is 0. The molecule has 0 bridgehead atoms. The number of ether oxygens (including phenoxy) is 1. The smallest absolute Gasteiger partial charge is 0.323 e. The standard InChI is InChI=1S/C13H27N7O/c1-6-20(9-7-8-19(4)5)12-15-11(18-14)16-13(17-12)21-10(2)3/h10H,6-9,14H2,1-5H3,(H,15,16,17,18). The Bertz CT molecular complexity index is 425. The minimum Gasteiger partial charge on any atom is -0.461 e. The number of nitrogens with zero attached hydrogens (tertiary/aromatic N) is 5. The summed E-state index contributed by atoms with van der Waals surface area (Å²) in [5.41, 5.74) is 2.46. The number of nitrogens with two attached hydrogens (primary N) is 1. The maximum Gasteiger partial charge on any atom is 0.323 e. The molecule has 1 aromatic rings. The van der Waals surface area contributed by atoms with Crippen LogP contribution in [0.3, 0.4) is 0 Å². The molecule has 3 N–H and O–H groups in total. The lowest BCUT2D eigenvalue weighted by molar-refractivity contribution is 0.222. The number of hydrazine groups is 1. The third-order valence-corrected chi connectivity index (χ3v) is 2.77. The van der Waals surface area contributed by atoms with Crippen LogP contribution in [0.5, 0.6) is 6.01 Å². The van der Waals surface area contributed by atoms with Crippen molar-refractivity contribution >= 4 is 11.9 Å². The van der Waals surface area contributed by atoms with Crippen molar-refractivity contribution in [2.75, 3.05) is 44.1 Å². The van der Waals surface area contributed by atoms with Crippen LogP contribution < -0.4 is 20.9 Å². The molecule has 0 fully saturated rings. The highest BCUT2D eigenvalue weighted by Crippen LogP contribution is 2.15. The molecule has 0 saturated carbocycles. The lowest BCUT2D eigenvalue weighted by atomic mass is 10.3. The van der Waals surface area contributed by atoms with Crippen molar-refractivity contribution in [3.63, 3.8) is 0 Å². The van der Waals surface area contributed by atoms with E-state index in [1.165, 1.54) is 0 Å². The van der Waals surface area contributed by atoms with Crippen LogP contribution in [-0.4, -0.2) is 59.7 Å². The van der Waals surface area contributed by atoms with Crippen LogP contribution in [-0.2, 0) is 0 Å². The summed E-state index contributed by atoms with van der Waals surface area (Å²) in [4.78, 5) is 17.0. The summed E-state index contributed by atoms with van der Waals surface area (Å²) in [5.74, 6) is 6.30. The molecule has 1 rings (SSSR count). The van der Waals surface area contributed by atoms with Gasteiger partial charge in [-0.05, 0) is 47.8 Å². The van der Waals surface area contributed by atoms with E-state index in [-0.39, 0.29) is 12.1 Å². The molecule has 0 atom stereocenters. The molecule has 0 aliphatic heterocycles. The lowest BCUT2D eigenvalue weighted by Gasteiger charge is -2.22. The van der Waals surface area contributed by atoms with E-state index in [1.807, 2.05) is 13.8 Å². The Morgan fingerprint density at radius 2 is 1.90 bits per heavy atom. The topological polar surface area (TPSA) is 92.4 Å². The number of hydrogen-bond donors (Lipinski definition) is 2. The van der Waals surface area contributed by atoms with E-state index >= 15 is 0 Å². The molecule has 120 valence electrons. The quantitative estimate of drug-likeness (QED) is 0.509. The number of aromatic nitrogens is 3. The molecule has 0 radical (unpaired) electrons. The van der Waals surface area contributed by atoms with Gasteiger partial charge in [-0.1, -0.05) is 0 Å². The van der Waals surface area contributed by atoms with Crippen molar-refractivity contribution in [2.24, 2.45) is 5.84 Å². The van der Waals surface area contributed by atoms with Crippen molar-refractivity contribution in [2.45, 2.75) is 33.3 Å². The second kappa shape index (κ2) is 8.58. The molecule has 8 heteroatoms. The van der Waals surface area contributed by atoms with Gasteiger partial charge in [-0.15, -0.1) is 0 Å². The minimum absolute atomic E-state index is 0.00491. The molecule has 8 nitrogen and oxygen atoms in total. The molecular weight excluding hydrogens is 270 g/mol. The molecule has 0 aliphatic rings. The van der Waals surface area contributed by atoms with Gasteiger partial charge in [0.25, 0.3) is 0 Å². The van der Waals surface area contributed by atoms with Gasteiger partial charge < -0.3 is 14.5 Å². The van der Waals surface area contributed by atoms with E-state index in [1.54, 1.807) is 0 Å². The largest absolute Gasteiger partial charge is 0.461 e. The summed E-state index contributed by atoms with van der Waals surface area (Å²) in [6.45, 7) is 8.60. The Morgan fingerprint density at radius 1 is 1.19 bits per heavy atom. The predicted molar refractivity (Wildman–Crippen MR) is 84.5 cm³/mol. The first kappa shape index (κ1) is 17.4. The summed E-state index contributed by atoms with van der Waals surface area (Å²) in [7, 11) is 4.12. The molecular formula is C13H27N7O. The Balaban J connectivity index is 2.85. The number of nitrogen functional groups attached to an aromatic ring is 1. The highest BCUT2D eigenvalue weighted by molar-refractivity contribution is 5.37. The fourth-order valence-electron chi connectivity index (χ4n) is 1.79. The first-order valence-electron chi connectivity index (χ1n) is 7.25. The number of rotatable bonds is 9. The van der Waals surface area contributed by atoms with Gasteiger partial charge >= 0.3 is 6.01 Å². The maximum atomic E-state index is 5.54. The van der Waals surface area contributed by atoms with Crippen LogP contribution >= 0.6 is 0 Å². The number of hydrogen-bond acceptors (Lipinski definition) is 8. The van der Waals surface area contributed by atoms with Gasteiger partial charge in [-0.3, -0.25) is 5.43 Å². The molecule has 0 amide bonds. The van der Waals surface area contributed by atoms with Crippen molar-refractivity contribution < 1.29 is 4.74 Å². The monoisotopic (exact) mass is 297 g/mol. The van der Waals surface area contributed by atoms with E-state index in [9.17, 15) is 0 Å². The van der Waals surface area contributed by atoms with Gasteiger partial charge in [0, 0.05) is 13.1 Å². The molecule has 0 unspecified atom stereocenters. The molecule has 1 heterocycles. The number of nitrogens with one attached hydrogen (secondary N) is 1. The van der Waals surface area contributed by atoms with Gasteiger partial charge in [-0.25, -0.2) is 5.84 Å². The van der Waals surface area contributed by atoms with E-state index < -0.39 is 0 Å². The summed E-state index contributed by atoms with van der Waals surface area (Å²) in [6, 6.07) is 0.286. The van der Waals surface area contributed by atoms with Gasteiger partial charge in [-0.2, -0.15) is 15.0 Å². The number of anilines is 2. The summed E-state index contributed by atoms with van der Waals surface area (Å²) >= 11 is 0. The predicted octanol–water partition coefficient (Wildman–Crippen LogP) is 0.722. The molecule has 1 aromatic heterocycles. The first-order chi connectivity index (χ1) is 9.96. The Kier molecular flexibility index (Phi) is 7.10. The van der Waals surface area contributed by atoms with E-state index in [2.05, 4.69) is 51.2 Å². The zero-order chi connectivity index (χ0) is 15.8. The minimum atomic E-state index is -0.00491. The SMILES string of the molecule is CCN(CCCN(C)C)c1nc(NN)nc(OC(C)C)n1. The van der Waals surface area contributed by atoms with Crippen LogP contribution in [0.4, 0.5) is 11.9 Å². The average Bonchev–Trinajstić information content (AvgIpc) is 2.42. The highest BCUT2D eigenvalue weighted by atomic mass is 16.5. The van der Waals surface area contributed by atoms with Gasteiger partial charge in [0.2, 0.25) is 11.9 Å². The second-order valence-electron chi connectivity index (χ2n) is 5.29. The highest BCUT2D eigenvalue weighted by Gasteiger charge is 2.13. The lowest BCUT2D eigenvalue weighted by Crippen LogP contribution is -2.29. The van der Waals surface area contributed by atoms with Crippen molar-refractivity contribution in [3.8, 4) is 6.01 Å². The van der Waals surface area contributed by atoms with E-state index in [0.717, 1.165) is 26.1 Å². The Hall–Kier alpha value is -1.67. The van der Waals surface area contributed by atoms with E-state index in [0.29, 0.717) is 11.9 Å². The fraction of sp³-hybridized carbons (Fsp3) is 0.769.